The number of nitrogens with one attached hydrogen (secondary N) is 1. The summed E-state index contributed by atoms with van der Waals surface area (Å²) in [7, 11) is 0. The molecule has 0 radical (unpaired) electrons. The van der Waals surface area contributed by atoms with Crippen LogP contribution >= 0.6 is 0 Å². The van der Waals surface area contributed by atoms with Gasteiger partial charge in [-0.2, -0.15) is 0 Å². The number of hydrogen-bond donors (Lipinski definition) is 2. The third-order valence-electron chi connectivity index (χ3n) is 3.84. The number of carbonyl (C=O) groups excluding carboxylic acids is 1. The smallest absolute Gasteiger partial charge is 0.238 e. The fourth-order valence-corrected chi connectivity index (χ4v) is 2.75. The highest BCUT2D eigenvalue weighted by Crippen LogP contribution is 2.19. The lowest BCUT2D eigenvalue weighted by Crippen LogP contribution is -2.40. The number of aliphatic hydroxyl groups excluding tert-OH is 1. The molecular formula is C16H24N2O2. The second kappa shape index (κ2) is 7.41. The van der Waals surface area contributed by atoms with Gasteiger partial charge in [-0.1, -0.05) is 17.7 Å². The Morgan fingerprint density at radius 3 is 2.85 bits per heavy atom. The standard InChI is InChI=1S/C16H24N2O2/c1-13-4-6-15(7-5-13)17-16(20)12-18-9-2-3-14(11-18)8-10-19/h4-7,14,19H,2-3,8-12H2,1H3,(H,17,20). The van der Waals surface area contributed by atoms with Crippen molar-refractivity contribution < 1.29 is 9.90 Å². The van der Waals surface area contributed by atoms with E-state index in [1.165, 1.54) is 5.56 Å². The van der Waals surface area contributed by atoms with Crippen molar-refractivity contribution in [2.75, 3.05) is 31.6 Å². The minimum Gasteiger partial charge on any atom is -0.396 e. The van der Waals surface area contributed by atoms with E-state index in [0.717, 1.165) is 38.0 Å². The molecule has 110 valence electrons. The van der Waals surface area contributed by atoms with Crippen LogP contribution < -0.4 is 5.32 Å². The van der Waals surface area contributed by atoms with Crippen LogP contribution in [0.25, 0.3) is 0 Å². The molecule has 2 rings (SSSR count). The molecule has 0 aromatic heterocycles. The molecule has 1 aromatic rings. The van der Waals surface area contributed by atoms with Gasteiger partial charge < -0.3 is 10.4 Å². The van der Waals surface area contributed by atoms with Crippen LogP contribution in [-0.2, 0) is 4.79 Å². The third-order valence-corrected chi connectivity index (χ3v) is 3.84. The number of carbonyl (C=O) groups is 1. The Morgan fingerprint density at radius 2 is 2.15 bits per heavy atom. The van der Waals surface area contributed by atoms with Crippen molar-refractivity contribution in [2.45, 2.75) is 26.2 Å². The van der Waals surface area contributed by atoms with E-state index in [-0.39, 0.29) is 12.5 Å². The number of amides is 1. The van der Waals surface area contributed by atoms with Crippen LogP contribution in [0.3, 0.4) is 0 Å². The van der Waals surface area contributed by atoms with Crippen LogP contribution in [0.4, 0.5) is 5.69 Å². The molecule has 1 aliphatic rings. The minimum atomic E-state index is 0.0403. The van der Waals surface area contributed by atoms with E-state index in [1.807, 2.05) is 31.2 Å². The average Bonchev–Trinajstić information content (AvgIpc) is 2.42. The number of aryl methyl sites for hydroxylation is 1. The lowest BCUT2D eigenvalue weighted by Gasteiger charge is -2.31. The number of benzene rings is 1. The van der Waals surface area contributed by atoms with E-state index >= 15 is 0 Å². The Balaban J connectivity index is 1.80. The summed E-state index contributed by atoms with van der Waals surface area (Å²) in [6, 6.07) is 7.84. The Morgan fingerprint density at radius 1 is 1.40 bits per heavy atom. The van der Waals surface area contributed by atoms with Crippen molar-refractivity contribution in [3.63, 3.8) is 0 Å². The minimum absolute atomic E-state index is 0.0403. The molecule has 0 bridgehead atoms. The third kappa shape index (κ3) is 4.62. The molecule has 4 heteroatoms. The molecule has 4 nitrogen and oxygen atoms in total. The summed E-state index contributed by atoms with van der Waals surface area (Å²) in [5, 5.41) is 11.9. The number of likely N-dealkylation sites (tertiary alicyclic amines) is 1. The molecule has 1 unspecified atom stereocenters. The molecule has 0 aliphatic carbocycles. The molecule has 0 spiro atoms. The van der Waals surface area contributed by atoms with Gasteiger partial charge in [-0.3, -0.25) is 9.69 Å². The summed E-state index contributed by atoms with van der Waals surface area (Å²) in [5.41, 5.74) is 2.04. The summed E-state index contributed by atoms with van der Waals surface area (Å²) in [4.78, 5) is 14.2. The number of aliphatic hydroxyl groups is 1. The van der Waals surface area contributed by atoms with Crippen LogP contribution in [0.2, 0.25) is 0 Å². The van der Waals surface area contributed by atoms with Gasteiger partial charge in [0.15, 0.2) is 0 Å². The first-order valence-corrected chi connectivity index (χ1v) is 7.37. The van der Waals surface area contributed by atoms with Crippen LogP contribution in [0.1, 0.15) is 24.8 Å². The van der Waals surface area contributed by atoms with Crippen LogP contribution in [0.15, 0.2) is 24.3 Å². The first-order valence-electron chi connectivity index (χ1n) is 7.37. The molecule has 1 fully saturated rings. The number of hydrogen-bond acceptors (Lipinski definition) is 3. The lowest BCUT2D eigenvalue weighted by atomic mass is 9.95. The molecule has 1 aliphatic heterocycles. The second-order valence-corrected chi connectivity index (χ2v) is 5.67. The van der Waals surface area contributed by atoms with Crippen molar-refractivity contribution >= 4 is 11.6 Å². The fraction of sp³-hybridized carbons (Fsp3) is 0.562. The van der Waals surface area contributed by atoms with Crippen molar-refractivity contribution in [2.24, 2.45) is 5.92 Å². The molecule has 1 atom stereocenters. The zero-order valence-electron chi connectivity index (χ0n) is 12.1. The molecule has 1 heterocycles. The first kappa shape index (κ1) is 15.0. The van der Waals surface area contributed by atoms with Crippen molar-refractivity contribution in [3.8, 4) is 0 Å². The van der Waals surface area contributed by atoms with E-state index < -0.39 is 0 Å². The van der Waals surface area contributed by atoms with Gasteiger partial charge in [0.2, 0.25) is 5.91 Å². The molecule has 1 saturated heterocycles. The highest BCUT2D eigenvalue weighted by molar-refractivity contribution is 5.92. The summed E-state index contributed by atoms with van der Waals surface area (Å²) >= 11 is 0. The molecule has 1 amide bonds. The number of anilines is 1. The maximum atomic E-state index is 12.0. The van der Waals surface area contributed by atoms with Crippen LogP contribution in [-0.4, -0.2) is 42.2 Å². The van der Waals surface area contributed by atoms with Gasteiger partial charge in [-0.15, -0.1) is 0 Å². The average molecular weight is 276 g/mol. The number of nitrogens with zero attached hydrogens (tertiary/aromatic N) is 1. The molecule has 2 N–H and O–H groups in total. The van der Waals surface area contributed by atoms with Gasteiger partial charge in [-0.05, 0) is 50.8 Å². The Kier molecular flexibility index (Phi) is 5.56. The van der Waals surface area contributed by atoms with E-state index in [9.17, 15) is 4.79 Å². The van der Waals surface area contributed by atoms with E-state index in [0.29, 0.717) is 12.5 Å². The van der Waals surface area contributed by atoms with Crippen molar-refractivity contribution in [1.29, 1.82) is 0 Å². The van der Waals surface area contributed by atoms with E-state index in [2.05, 4.69) is 10.2 Å². The van der Waals surface area contributed by atoms with Gasteiger partial charge in [0.25, 0.3) is 0 Å². The normalized spacial score (nSPS) is 19.8. The zero-order valence-corrected chi connectivity index (χ0v) is 12.1. The Labute approximate surface area is 120 Å². The predicted molar refractivity (Wildman–Crippen MR) is 80.7 cm³/mol. The van der Waals surface area contributed by atoms with Crippen LogP contribution in [0.5, 0.6) is 0 Å². The molecule has 20 heavy (non-hydrogen) atoms. The maximum absolute atomic E-state index is 12.0. The summed E-state index contributed by atoms with van der Waals surface area (Å²) in [6.45, 7) is 4.61. The SMILES string of the molecule is Cc1ccc(NC(=O)CN2CCCC(CCO)C2)cc1. The van der Waals surface area contributed by atoms with Gasteiger partial charge in [0.05, 0.1) is 6.54 Å². The summed E-state index contributed by atoms with van der Waals surface area (Å²) in [5.74, 6) is 0.569. The van der Waals surface area contributed by atoms with E-state index in [4.69, 9.17) is 5.11 Å². The Hall–Kier alpha value is -1.39. The zero-order chi connectivity index (χ0) is 14.4. The van der Waals surface area contributed by atoms with Crippen molar-refractivity contribution in [3.05, 3.63) is 29.8 Å². The Bertz CT molecular complexity index is 429. The largest absolute Gasteiger partial charge is 0.396 e. The first-order chi connectivity index (χ1) is 9.67. The lowest BCUT2D eigenvalue weighted by molar-refractivity contribution is -0.117. The van der Waals surface area contributed by atoms with Crippen molar-refractivity contribution in [1.82, 2.24) is 4.90 Å². The predicted octanol–water partition coefficient (Wildman–Crippen LogP) is 2.03. The van der Waals surface area contributed by atoms with E-state index in [1.54, 1.807) is 0 Å². The van der Waals surface area contributed by atoms with Gasteiger partial charge >= 0.3 is 0 Å². The van der Waals surface area contributed by atoms with Gasteiger partial charge in [0, 0.05) is 18.8 Å². The maximum Gasteiger partial charge on any atom is 0.238 e. The van der Waals surface area contributed by atoms with Gasteiger partial charge in [0.1, 0.15) is 0 Å². The quantitative estimate of drug-likeness (QED) is 0.865. The summed E-state index contributed by atoms with van der Waals surface area (Å²) in [6.07, 6.45) is 3.12. The highest BCUT2D eigenvalue weighted by Gasteiger charge is 2.21. The molecular weight excluding hydrogens is 252 g/mol. The number of piperidine rings is 1. The molecule has 1 aromatic carbocycles. The molecule has 0 saturated carbocycles. The number of rotatable bonds is 5. The second-order valence-electron chi connectivity index (χ2n) is 5.67. The highest BCUT2D eigenvalue weighted by atomic mass is 16.3. The monoisotopic (exact) mass is 276 g/mol. The fourth-order valence-electron chi connectivity index (χ4n) is 2.75. The van der Waals surface area contributed by atoms with Gasteiger partial charge in [-0.25, -0.2) is 0 Å². The summed E-state index contributed by atoms with van der Waals surface area (Å²) < 4.78 is 0. The topological polar surface area (TPSA) is 52.6 Å². The van der Waals surface area contributed by atoms with Crippen LogP contribution in [0, 0.1) is 12.8 Å².